The fraction of sp³-hybridized carbons (Fsp3) is 0.0588. The third-order valence-corrected chi connectivity index (χ3v) is 7.07. The van der Waals surface area contributed by atoms with Crippen molar-refractivity contribution in [3.8, 4) is 0 Å². The number of hydrogen-bond donors (Lipinski definition) is 1. The van der Waals surface area contributed by atoms with Crippen LogP contribution in [-0.2, 0) is 16.9 Å². The maximum Gasteiger partial charge on any atom is 0.338 e. The Morgan fingerprint density at radius 2 is 1.33 bits per heavy atom. The van der Waals surface area contributed by atoms with Gasteiger partial charge in [0.15, 0.2) is 0 Å². The van der Waals surface area contributed by atoms with Gasteiger partial charge in [-0.15, -0.1) is 0 Å². The summed E-state index contributed by atoms with van der Waals surface area (Å²) in [4.78, 5) is 12.9. The minimum atomic E-state index is -0.856. The molecular formula is C34H27N3O2. The van der Waals surface area contributed by atoms with Gasteiger partial charge in [0, 0.05) is 16.6 Å². The molecule has 6 rings (SSSR count). The van der Waals surface area contributed by atoms with E-state index in [1.807, 2.05) is 102 Å². The van der Waals surface area contributed by atoms with Gasteiger partial charge in [0.05, 0.1) is 17.3 Å². The molecule has 0 fully saturated rings. The summed E-state index contributed by atoms with van der Waals surface area (Å²) in [5.41, 5.74) is 11.7. The molecule has 0 bridgehead atoms. The molecule has 0 saturated heterocycles. The summed E-state index contributed by atoms with van der Waals surface area (Å²) >= 11 is 0. The predicted octanol–water partition coefficient (Wildman–Crippen LogP) is 6.82. The zero-order valence-electron chi connectivity index (χ0n) is 21.3. The van der Waals surface area contributed by atoms with Crippen LogP contribution in [0.25, 0.3) is 10.9 Å². The van der Waals surface area contributed by atoms with Gasteiger partial charge in [0.25, 0.3) is 0 Å². The maximum absolute atomic E-state index is 12.9. The number of carbonyl (C=O) groups is 1. The molecule has 0 spiro atoms. The van der Waals surface area contributed by atoms with Crippen molar-refractivity contribution in [1.82, 2.24) is 9.78 Å². The third-order valence-electron chi connectivity index (χ3n) is 7.07. The number of benzene rings is 5. The third kappa shape index (κ3) is 4.34. The topological polar surface area (TPSA) is 70.1 Å². The molecule has 0 aliphatic carbocycles. The number of para-hydroxylation sites is 1. The first-order chi connectivity index (χ1) is 19.2. The number of nitrogens with zero attached hydrogens (tertiary/aromatic N) is 2. The number of esters is 1. The van der Waals surface area contributed by atoms with Gasteiger partial charge in [-0.2, -0.15) is 5.10 Å². The molecule has 6 aromatic rings. The molecule has 0 saturated carbocycles. The van der Waals surface area contributed by atoms with Crippen LogP contribution in [0.3, 0.4) is 0 Å². The van der Waals surface area contributed by atoms with Crippen LogP contribution in [0.1, 0.15) is 32.6 Å². The van der Waals surface area contributed by atoms with Crippen LogP contribution in [0.15, 0.2) is 140 Å². The summed E-state index contributed by atoms with van der Waals surface area (Å²) < 4.78 is 7.59. The smallest absolute Gasteiger partial charge is 0.338 e. The SMILES string of the molecule is Nc1ccccc1C(c1ccccc1)(c1ccccc1)n1ncc2cc(C(=O)OCc3ccccc3)ccc21. The van der Waals surface area contributed by atoms with Gasteiger partial charge >= 0.3 is 5.97 Å². The number of anilines is 1. The van der Waals surface area contributed by atoms with E-state index in [1.165, 1.54) is 0 Å². The molecular weight excluding hydrogens is 482 g/mol. The molecule has 5 aromatic carbocycles. The number of ether oxygens (including phenoxy) is 1. The lowest BCUT2D eigenvalue weighted by atomic mass is 9.76. The second kappa shape index (κ2) is 10.3. The summed E-state index contributed by atoms with van der Waals surface area (Å²) in [5.74, 6) is -0.377. The molecule has 0 amide bonds. The van der Waals surface area contributed by atoms with E-state index in [1.54, 1.807) is 12.3 Å². The Balaban J connectivity index is 1.51. The zero-order chi connectivity index (χ0) is 26.7. The Labute approximate surface area is 227 Å². The molecule has 0 atom stereocenters. The number of nitrogen functional groups attached to an aromatic ring is 1. The molecule has 0 unspecified atom stereocenters. The first-order valence-corrected chi connectivity index (χ1v) is 12.8. The van der Waals surface area contributed by atoms with Gasteiger partial charge < -0.3 is 10.5 Å². The van der Waals surface area contributed by atoms with Crippen molar-refractivity contribution in [2.24, 2.45) is 0 Å². The second-order valence-corrected chi connectivity index (χ2v) is 9.42. The van der Waals surface area contributed by atoms with Crippen molar-refractivity contribution < 1.29 is 9.53 Å². The highest BCUT2D eigenvalue weighted by molar-refractivity contribution is 5.94. The number of fused-ring (bicyclic) bond motifs is 1. The monoisotopic (exact) mass is 509 g/mol. The molecule has 2 N–H and O–H groups in total. The first kappa shape index (κ1) is 24.2. The Kier molecular flexibility index (Phi) is 6.39. The number of nitrogens with two attached hydrogens (primary N) is 1. The minimum Gasteiger partial charge on any atom is -0.457 e. The van der Waals surface area contributed by atoms with Gasteiger partial charge in [0.1, 0.15) is 12.1 Å². The highest BCUT2D eigenvalue weighted by Gasteiger charge is 2.41. The number of hydrogen-bond acceptors (Lipinski definition) is 4. The van der Waals surface area contributed by atoms with Crippen molar-refractivity contribution in [2.45, 2.75) is 12.1 Å². The molecule has 0 radical (unpaired) electrons. The standard InChI is InChI=1S/C34H27N3O2/c35-31-19-11-10-18-30(31)34(28-14-6-2-7-15-28,29-16-8-3-9-17-29)37-32-21-20-26(22-27(32)23-36-37)33(38)39-24-25-12-4-1-5-13-25/h1-23H,24,35H2. The van der Waals surface area contributed by atoms with E-state index in [0.717, 1.165) is 33.2 Å². The van der Waals surface area contributed by atoms with E-state index < -0.39 is 5.54 Å². The fourth-order valence-corrected chi connectivity index (χ4v) is 5.26. The fourth-order valence-electron chi connectivity index (χ4n) is 5.26. The molecule has 5 nitrogen and oxygen atoms in total. The predicted molar refractivity (Wildman–Crippen MR) is 154 cm³/mol. The van der Waals surface area contributed by atoms with E-state index in [4.69, 9.17) is 15.6 Å². The van der Waals surface area contributed by atoms with E-state index in [0.29, 0.717) is 11.3 Å². The van der Waals surface area contributed by atoms with Crippen molar-refractivity contribution >= 4 is 22.6 Å². The van der Waals surface area contributed by atoms with Crippen LogP contribution < -0.4 is 5.73 Å². The quantitative estimate of drug-likeness (QED) is 0.146. The van der Waals surface area contributed by atoms with E-state index >= 15 is 0 Å². The Morgan fingerprint density at radius 3 is 1.97 bits per heavy atom. The number of rotatable bonds is 7. The molecule has 0 aliphatic heterocycles. The van der Waals surface area contributed by atoms with Crippen LogP contribution in [0.2, 0.25) is 0 Å². The first-order valence-electron chi connectivity index (χ1n) is 12.8. The summed E-state index contributed by atoms with van der Waals surface area (Å²) in [6.45, 7) is 0.218. The Morgan fingerprint density at radius 1 is 0.744 bits per heavy atom. The van der Waals surface area contributed by atoms with Gasteiger partial charge in [-0.05, 0) is 41.0 Å². The molecule has 0 aliphatic rings. The molecule has 190 valence electrons. The van der Waals surface area contributed by atoms with Crippen molar-refractivity contribution in [3.05, 3.63) is 167 Å². The second-order valence-electron chi connectivity index (χ2n) is 9.42. The van der Waals surface area contributed by atoms with Gasteiger partial charge in [-0.1, -0.05) is 109 Å². The Hall–Kier alpha value is -5.16. The largest absolute Gasteiger partial charge is 0.457 e. The normalized spacial score (nSPS) is 11.4. The van der Waals surface area contributed by atoms with Crippen LogP contribution in [0, 0.1) is 0 Å². The summed E-state index contributed by atoms with van der Waals surface area (Å²) in [6.07, 6.45) is 1.79. The highest BCUT2D eigenvalue weighted by Crippen LogP contribution is 2.44. The van der Waals surface area contributed by atoms with Crippen molar-refractivity contribution in [2.75, 3.05) is 5.73 Å². The average Bonchev–Trinajstić information content (AvgIpc) is 3.42. The van der Waals surface area contributed by atoms with Gasteiger partial charge in [-0.25, -0.2) is 9.48 Å². The van der Waals surface area contributed by atoms with Gasteiger partial charge in [0.2, 0.25) is 0 Å². The average molecular weight is 510 g/mol. The molecule has 39 heavy (non-hydrogen) atoms. The van der Waals surface area contributed by atoms with Crippen LogP contribution in [0.4, 0.5) is 5.69 Å². The molecule has 5 heteroatoms. The number of aromatic nitrogens is 2. The lowest BCUT2D eigenvalue weighted by molar-refractivity contribution is 0.0473. The van der Waals surface area contributed by atoms with Crippen LogP contribution in [-0.4, -0.2) is 15.7 Å². The summed E-state index contributed by atoms with van der Waals surface area (Å²) in [6, 6.07) is 43.6. The van der Waals surface area contributed by atoms with Crippen molar-refractivity contribution in [1.29, 1.82) is 0 Å². The maximum atomic E-state index is 12.9. The lowest BCUT2D eigenvalue weighted by Gasteiger charge is -2.37. The number of carbonyl (C=O) groups excluding carboxylic acids is 1. The minimum absolute atomic E-state index is 0.218. The van der Waals surface area contributed by atoms with E-state index in [-0.39, 0.29) is 12.6 Å². The van der Waals surface area contributed by atoms with Gasteiger partial charge in [-0.3, -0.25) is 0 Å². The van der Waals surface area contributed by atoms with Crippen LogP contribution >= 0.6 is 0 Å². The molecule has 1 aromatic heterocycles. The summed E-state index contributed by atoms with van der Waals surface area (Å²) in [7, 11) is 0. The lowest BCUT2D eigenvalue weighted by Crippen LogP contribution is -2.39. The molecule has 1 heterocycles. The summed E-state index contributed by atoms with van der Waals surface area (Å²) in [5, 5.41) is 5.77. The van der Waals surface area contributed by atoms with E-state index in [9.17, 15) is 4.79 Å². The van der Waals surface area contributed by atoms with Crippen molar-refractivity contribution in [3.63, 3.8) is 0 Å². The van der Waals surface area contributed by atoms with E-state index in [2.05, 4.69) is 30.3 Å². The zero-order valence-corrected chi connectivity index (χ0v) is 21.3. The highest BCUT2D eigenvalue weighted by atomic mass is 16.5. The Bertz CT molecular complexity index is 1690. The van der Waals surface area contributed by atoms with Crippen LogP contribution in [0.5, 0.6) is 0 Å².